The minimum Gasteiger partial charge on any atom is -0.457 e. The van der Waals surface area contributed by atoms with Crippen molar-refractivity contribution in [3.05, 3.63) is 82.5 Å². The number of hydrogen-bond acceptors (Lipinski definition) is 7. The van der Waals surface area contributed by atoms with Crippen LogP contribution >= 0.6 is 11.8 Å². The molecule has 0 spiro atoms. The molecule has 3 N–H and O–H groups in total. The van der Waals surface area contributed by atoms with Crippen molar-refractivity contribution < 1.29 is 22.7 Å². The molecule has 2 aromatic carbocycles. The molecule has 2 aliphatic rings. The van der Waals surface area contributed by atoms with Crippen LogP contribution in [0.15, 0.2) is 76.3 Å². The van der Waals surface area contributed by atoms with Crippen LogP contribution in [-0.2, 0) is 9.84 Å². The van der Waals surface area contributed by atoms with Crippen LogP contribution < -0.4 is 15.8 Å². The molecule has 1 aliphatic carbocycles. The van der Waals surface area contributed by atoms with Gasteiger partial charge < -0.3 is 15.8 Å². The summed E-state index contributed by atoms with van der Waals surface area (Å²) in [6, 6.07) is 14.3. The number of nitrogens with one attached hydrogen (secondary N) is 1. The van der Waals surface area contributed by atoms with Crippen molar-refractivity contribution in [2.75, 3.05) is 6.26 Å². The molecule has 1 aromatic heterocycles. The van der Waals surface area contributed by atoms with Gasteiger partial charge in [-0.1, -0.05) is 17.8 Å². The topological polar surface area (TPSA) is 132 Å². The molecule has 9 nitrogen and oxygen atoms in total. The van der Waals surface area contributed by atoms with Gasteiger partial charge in [-0.05, 0) is 80.8 Å². The van der Waals surface area contributed by atoms with Gasteiger partial charge in [-0.15, -0.1) is 0 Å². The minimum atomic E-state index is -3.35. The predicted molar refractivity (Wildman–Crippen MR) is 150 cm³/mol. The molecule has 1 fully saturated rings. The first kappa shape index (κ1) is 26.8. The van der Waals surface area contributed by atoms with E-state index in [1.165, 1.54) is 28.8 Å². The quantitative estimate of drug-likeness (QED) is 0.411. The van der Waals surface area contributed by atoms with Crippen molar-refractivity contribution >= 4 is 33.5 Å². The van der Waals surface area contributed by atoms with Crippen LogP contribution in [0.1, 0.15) is 35.7 Å². The standard InChI is InChI=1S/C28H28N4O5S2/c1-16-5-4-12-30-24(16)19-13-20(15-22(14-19)37-21-8-10-23(11-9-21)39(3,35)36)26(33)31-28-32(27(29)34)25(17(2)38-28)18-6-7-18/h4-5,8-15,18,28H,6-7H2,1-3H3,(H2,29,34)(H,31,33). The summed E-state index contributed by atoms with van der Waals surface area (Å²) >= 11 is 1.39. The third kappa shape index (κ3) is 5.79. The molecule has 39 heavy (non-hydrogen) atoms. The maximum absolute atomic E-state index is 13.5. The first-order valence-electron chi connectivity index (χ1n) is 12.3. The van der Waals surface area contributed by atoms with Crippen molar-refractivity contribution in [2.24, 2.45) is 11.7 Å². The number of aromatic nitrogens is 1. The highest BCUT2D eigenvalue weighted by atomic mass is 32.2. The normalized spacial score (nSPS) is 17.3. The van der Waals surface area contributed by atoms with E-state index in [1.807, 2.05) is 26.0 Å². The molecule has 0 bridgehead atoms. The van der Waals surface area contributed by atoms with Crippen molar-refractivity contribution in [3.63, 3.8) is 0 Å². The zero-order valence-electron chi connectivity index (χ0n) is 21.7. The Hall–Kier alpha value is -3.83. The molecule has 3 aromatic rings. The van der Waals surface area contributed by atoms with Gasteiger partial charge in [0.05, 0.1) is 10.6 Å². The van der Waals surface area contributed by atoms with E-state index in [2.05, 4.69) is 10.3 Å². The zero-order chi connectivity index (χ0) is 27.9. The number of allylic oxidation sites excluding steroid dienone is 2. The number of urea groups is 1. The molecule has 1 unspecified atom stereocenters. The summed E-state index contributed by atoms with van der Waals surface area (Å²) < 4.78 is 29.7. The molecule has 1 aliphatic heterocycles. The summed E-state index contributed by atoms with van der Waals surface area (Å²) in [7, 11) is -3.35. The van der Waals surface area contributed by atoms with Crippen LogP contribution in [0, 0.1) is 12.8 Å². The second-order valence-electron chi connectivity index (χ2n) is 9.63. The third-order valence-electron chi connectivity index (χ3n) is 6.54. The summed E-state index contributed by atoms with van der Waals surface area (Å²) in [6.45, 7) is 3.86. The summed E-state index contributed by atoms with van der Waals surface area (Å²) in [5.74, 6) is 0.658. The summed E-state index contributed by atoms with van der Waals surface area (Å²) in [4.78, 5) is 33.0. The number of nitrogens with zero attached hydrogens (tertiary/aromatic N) is 2. The van der Waals surface area contributed by atoms with Crippen molar-refractivity contribution in [1.29, 1.82) is 0 Å². The van der Waals surface area contributed by atoms with E-state index in [0.29, 0.717) is 28.3 Å². The van der Waals surface area contributed by atoms with Crippen LogP contribution in [-0.4, -0.2) is 42.0 Å². The number of nitrogens with two attached hydrogens (primary N) is 1. The lowest BCUT2D eigenvalue weighted by Gasteiger charge is -2.26. The molecular formula is C28H28N4O5S2. The number of pyridine rings is 1. The maximum atomic E-state index is 13.5. The highest BCUT2D eigenvalue weighted by molar-refractivity contribution is 8.03. The average Bonchev–Trinajstić information content (AvgIpc) is 3.66. The predicted octanol–water partition coefficient (Wildman–Crippen LogP) is 5.04. The van der Waals surface area contributed by atoms with E-state index >= 15 is 0 Å². The molecule has 0 radical (unpaired) electrons. The van der Waals surface area contributed by atoms with Gasteiger partial charge in [-0.3, -0.25) is 14.7 Å². The van der Waals surface area contributed by atoms with Gasteiger partial charge in [0.25, 0.3) is 5.91 Å². The number of sulfone groups is 1. The van der Waals surface area contributed by atoms with Crippen molar-refractivity contribution in [3.8, 4) is 22.8 Å². The molecule has 1 saturated carbocycles. The molecule has 0 saturated heterocycles. The Kier molecular flexibility index (Phi) is 7.13. The summed E-state index contributed by atoms with van der Waals surface area (Å²) in [5, 5.41) is 2.94. The largest absolute Gasteiger partial charge is 0.457 e. The Morgan fingerprint density at radius 1 is 1.08 bits per heavy atom. The number of primary amides is 1. The summed E-state index contributed by atoms with van der Waals surface area (Å²) in [5.41, 5.74) is 8.52. The third-order valence-corrected chi connectivity index (χ3v) is 8.78. The van der Waals surface area contributed by atoms with Crippen LogP contribution in [0.4, 0.5) is 4.79 Å². The highest BCUT2D eigenvalue weighted by Gasteiger charge is 2.42. The van der Waals surface area contributed by atoms with Crippen LogP contribution in [0.2, 0.25) is 0 Å². The highest BCUT2D eigenvalue weighted by Crippen LogP contribution is 2.48. The Labute approximate surface area is 231 Å². The first-order valence-corrected chi connectivity index (χ1v) is 15.1. The number of amides is 3. The summed E-state index contributed by atoms with van der Waals surface area (Å²) in [6.07, 6.45) is 4.80. The molecular weight excluding hydrogens is 536 g/mol. The van der Waals surface area contributed by atoms with Gasteiger partial charge in [0.1, 0.15) is 11.5 Å². The van der Waals surface area contributed by atoms with Crippen LogP contribution in [0.5, 0.6) is 11.5 Å². The fraction of sp³-hybridized carbons (Fsp3) is 0.250. The van der Waals surface area contributed by atoms with Crippen molar-refractivity contribution in [2.45, 2.75) is 37.1 Å². The van der Waals surface area contributed by atoms with Crippen molar-refractivity contribution in [1.82, 2.24) is 15.2 Å². The average molecular weight is 565 g/mol. The molecule has 5 rings (SSSR count). The van der Waals surface area contributed by atoms with E-state index in [-0.39, 0.29) is 10.8 Å². The van der Waals surface area contributed by atoms with Crippen LogP contribution in [0.25, 0.3) is 11.3 Å². The first-order chi connectivity index (χ1) is 18.5. The number of carbonyl (C=O) groups is 2. The zero-order valence-corrected chi connectivity index (χ0v) is 23.3. The lowest BCUT2D eigenvalue weighted by atomic mass is 10.0. The number of carbonyl (C=O) groups excluding carboxylic acids is 2. The second kappa shape index (κ2) is 10.4. The SMILES string of the molecule is CC1=C(C2CC2)N(C(N)=O)C(NC(=O)c2cc(Oc3ccc(S(C)(=O)=O)cc3)cc(-c3ncccc3C)c2)S1. The van der Waals surface area contributed by atoms with Gasteiger partial charge in [-0.25, -0.2) is 13.2 Å². The smallest absolute Gasteiger partial charge is 0.321 e. The van der Waals surface area contributed by atoms with Crippen LogP contribution in [0.3, 0.4) is 0 Å². The molecule has 202 valence electrons. The number of benzene rings is 2. The van der Waals surface area contributed by atoms with Gasteiger partial charge in [0, 0.05) is 40.1 Å². The van der Waals surface area contributed by atoms with Gasteiger partial charge in [0.15, 0.2) is 15.3 Å². The van der Waals surface area contributed by atoms with Gasteiger partial charge in [0.2, 0.25) is 0 Å². The lowest BCUT2D eigenvalue weighted by molar-refractivity contribution is 0.0930. The van der Waals surface area contributed by atoms with Gasteiger partial charge >= 0.3 is 6.03 Å². The number of hydrogen-bond donors (Lipinski definition) is 2. The van der Waals surface area contributed by atoms with E-state index in [9.17, 15) is 18.0 Å². The Morgan fingerprint density at radius 2 is 1.79 bits per heavy atom. The lowest BCUT2D eigenvalue weighted by Crippen LogP contribution is -2.48. The van der Waals surface area contributed by atoms with E-state index in [1.54, 1.807) is 36.5 Å². The maximum Gasteiger partial charge on any atom is 0.321 e. The van der Waals surface area contributed by atoms with E-state index < -0.39 is 27.3 Å². The Morgan fingerprint density at radius 3 is 2.41 bits per heavy atom. The number of aryl methyl sites for hydroxylation is 1. The molecule has 3 amide bonds. The van der Waals surface area contributed by atoms with Gasteiger partial charge in [-0.2, -0.15) is 0 Å². The number of thioether (sulfide) groups is 1. The number of ether oxygens (including phenoxy) is 1. The Balaban J connectivity index is 1.46. The fourth-order valence-corrected chi connectivity index (χ4v) is 6.39. The second-order valence-corrected chi connectivity index (χ2v) is 12.9. The molecule has 11 heteroatoms. The monoisotopic (exact) mass is 564 g/mol. The molecule has 1 atom stereocenters. The molecule has 2 heterocycles. The number of rotatable bonds is 7. The fourth-order valence-electron chi connectivity index (χ4n) is 4.55. The Bertz CT molecular complexity index is 1600. The minimum absolute atomic E-state index is 0.176. The van der Waals surface area contributed by atoms with E-state index in [0.717, 1.165) is 35.3 Å². The van der Waals surface area contributed by atoms with E-state index in [4.69, 9.17) is 10.5 Å².